The van der Waals surface area contributed by atoms with Crippen LogP contribution in [0.3, 0.4) is 0 Å². The van der Waals surface area contributed by atoms with Crippen LogP contribution in [0.2, 0.25) is 0 Å². The molecule has 0 saturated carbocycles. The first-order chi connectivity index (χ1) is 31.2. The Morgan fingerprint density at radius 1 is 0.879 bits per heavy atom. The highest BCUT2D eigenvalue weighted by atomic mass is 16.6. The molecule has 3 atom stereocenters. The smallest absolute Gasteiger partial charge is 0.408 e. The number of phenols is 1. The van der Waals surface area contributed by atoms with Gasteiger partial charge in [0.1, 0.15) is 29.5 Å². The number of nitrogens with zero attached hydrogens (tertiary/aromatic N) is 7. The lowest BCUT2D eigenvalue weighted by Crippen LogP contribution is -2.54. The zero-order chi connectivity index (χ0) is 48.3. The second-order valence-corrected chi connectivity index (χ2v) is 16.4. The molecular formula is C42H53N15O9. The number of rotatable bonds is 18. The number of benzene rings is 2. The van der Waals surface area contributed by atoms with Crippen molar-refractivity contribution in [2.24, 2.45) is 5.92 Å². The van der Waals surface area contributed by atoms with Crippen LogP contribution in [0.5, 0.6) is 5.75 Å². The van der Waals surface area contributed by atoms with Gasteiger partial charge in [0, 0.05) is 17.8 Å². The molecule has 0 bridgehead atoms. The monoisotopic (exact) mass is 911 g/mol. The summed E-state index contributed by atoms with van der Waals surface area (Å²) in [4.78, 5) is 94.8. The summed E-state index contributed by atoms with van der Waals surface area (Å²) in [5.41, 5.74) is 13.2. The number of aromatic nitrogens is 8. The molecule has 5 aromatic rings. The third kappa shape index (κ3) is 13.2. The van der Waals surface area contributed by atoms with Crippen LogP contribution in [-0.2, 0) is 36.7 Å². The van der Waals surface area contributed by atoms with Crippen LogP contribution in [0.15, 0.2) is 42.6 Å². The lowest BCUT2D eigenvalue weighted by molar-refractivity contribution is -0.143. The number of methoxy groups -OCH3 is 1. The van der Waals surface area contributed by atoms with Crippen molar-refractivity contribution in [2.75, 3.05) is 30.4 Å². The number of amides is 5. The maximum atomic E-state index is 13.5. The quantitative estimate of drug-likeness (QED) is 0.0446. The summed E-state index contributed by atoms with van der Waals surface area (Å²) in [6.45, 7) is 10.1. The van der Waals surface area contributed by atoms with Crippen molar-refractivity contribution in [1.82, 2.24) is 61.8 Å². The van der Waals surface area contributed by atoms with Crippen LogP contribution in [0.1, 0.15) is 86.4 Å². The van der Waals surface area contributed by atoms with Crippen molar-refractivity contribution in [3.8, 4) is 17.1 Å². The second-order valence-electron chi connectivity index (χ2n) is 16.4. The normalized spacial score (nSPS) is 12.7. The minimum Gasteiger partial charge on any atom is -0.507 e. The maximum Gasteiger partial charge on any atom is 0.408 e. The van der Waals surface area contributed by atoms with Gasteiger partial charge in [-0.15, -0.1) is 5.10 Å². The van der Waals surface area contributed by atoms with Crippen molar-refractivity contribution < 1.29 is 43.3 Å². The number of nitrogens with two attached hydrogens (primary N) is 2. The molecule has 24 nitrogen and oxygen atoms in total. The number of alkyl carbamates (subject to hydrolysis) is 1. The van der Waals surface area contributed by atoms with Gasteiger partial charge in [0.15, 0.2) is 22.8 Å². The van der Waals surface area contributed by atoms with Crippen LogP contribution in [0.4, 0.5) is 22.2 Å². The maximum absolute atomic E-state index is 13.5. The largest absolute Gasteiger partial charge is 0.507 e. The van der Waals surface area contributed by atoms with E-state index < -0.39 is 59.4 Å². The minimum absolute atomic E-state index is 0.0146. The van der Waals surface area contributed by atoms with Crippen LogP contribution in [0.25, 0.3) is 22.6 Å². The highest BCUT2D eigenvalue weighted by Crippen LogP contribution is 2.25. The number of carbonyl (C=O) groups excluding carboxylic acids is 6. The van der Waals surface area contributed by atoms with Gasteiger partial charge < -0.3 is 52.6 Å². The van der Waals surface area contributed by atoms with E-state index in [4.69, 9.17) is 20.9 Å². The first-order valence-electron chi connectivity index (χ1n) is 20.7. The molecule has 0 radical (unpaired) electrons. The van der Waals surface area contributed by atoms with E-state index in [1.807, 2.05) is 0 Å². The Labute approximate surface area is 378 Å². The zero-order valence-electron chi connectivity index (χ0n) is 37.4. The summed E-state index contributed by atoms with van der Waals surface area (Å²) in [5, 5.41) is 37.7. The fraction of sp³-hybridized carbons (Fsp3) is 0.405. The standard InChI is InChI=1S/C42H53N15O9/c1-20(2)30(51-41(64)66-42(4,5)6)38(62)47-21(3)35(59)49-23-13-15-25(27(18-23)33-54-56-57-55-33)36(60)45-16-8-9-28(39(63)65-7)50-37(61)26-14-11-22(17-29(26)58)10-12-24-19-46-34-31(48-24)32(43)52-40(44)53-34/h11,13-15,17-21,28,30,58H,8-10,12,16H2,1-7H3,(H,45,60)(H,47,62)(H,49,59)(H,50,61)(H,51,64)(H,54,55,56,57)(H4,43,44,46,52,53)/t21-,28-,30-/m0/s1. The third-order valence-electron chi connectivity index (χ3n) is 9.73. The number of aromatic hydroxyl groups is 1. The number of esters is 1. The van der Waals surface area contributed by atoms with Gasteiger partial charge in [-0.1, -0.05) is 19.9 Å². The molecule has 2 aromatic carbocycles. The number of aromatic amines is 1. The summed E-state index contributed by atoms with van der Waals surface area (Å²) in [6.07, 6.45) is 1.87. The molecule has 66 heavy (non-hydrogen) atoms. The number of anilines is 3. The Morgan fingerprint density at radius 2 is 1.62 bits per heavy atom. The van der Waals surface area contributed by atoms with Crippen LogP contribution >= 0.6 is 0 Å². The molecule has 5 rings (SSSR count). The van der Waals surface area contributed by atoms with Crippen molar-refractivity contribution in [3.05, 3.63) is 65.0 Å². The van der Waals surface area contributed by atoms with E-state index in [1.54, 1.807) is 40.7 Å². The molecule has 0 aliphatic carbocycles. The number of fused-ring (bicyclic) bond motifs is 1. The fourth-order valence-electron chi connectivity index (χ4n) is 6.41. The lowest BCUT2D eigenvalue weighted by Gasteiger charge is -2.26. The van der Waals surface area contributed by atoms with Gasteiger partial charge in [-0.2, -0.15) is 9.97 Å². The first-order valence-corrected chi connectivity index (χ1v) is 20.7. The molecule has 0 aliphatic heterocycles. The van der Waals surface area contributed by atoms with Crippen molar-refractivity contribution in [3.63, 3.8) is 0 Å². The predicted octanol–water partition coefficient (Wildman–Crippen LogP) is 1.73. The van der Waals surface area contributed by atoms with E-state index in [0.717, 1.165) is 0 Å². The van der Waals surface area contributed by atoms with E-state index in [-0.39, 0.29) is 76.7 Å². The minimum atomic E-state index is -1.12. The predicted molar refractivity (Wildman–Crippen MR) is 238 cm³/mol. The van der Waals surface area contributed by atoms with Crippen molar-refractivity contribution in [1.29, 1.82) is 0 Å². The molecule has 0 aliphatic rings. The van der Waals surface area contributed by atoms with Crippen LogP contribution < -0.4 is 38.1 Å². The summed E-state index contributed by atoms with van der Waals surface area (Å²) in [7, 11) is 1.17. The SMILES string of the molecule is COC(=O)[C@H](CCCNC(=O)c1ccc(NC(=O)[C@H](C)NC(=O)[C@@H](NC(=O)OC(C)(C)C)C(C)C)cc1-c1nnn[nH]1)NC(=O)c1ccc(CCc2cnc3nc(N)nc(N)c3n2)cc1O. The number of nitrogens with one attached hydrogen (secondary N) is 6. The van der Waals surface area contributed by atoms with Gasteiger partial charge >= 0.3 is 12.1 Å². The number of carbonyl (C=O) groups is 6. The van der Waals surface area contributed by atoms with Crippen molar-refractivity contribution >= 4 is 64.3 Å². The molecule has 3 heterocycles. The molecule has 24 heteroatoms. The number of hydrogen-bond donors (Lipinski definition) is 9. The van der Waals surface area contributed by atoms with Gasteiger partial charge in [0.25, 0.3) is 11.8 Å². The van der Waals surface area contributed by atoms with Gasteiger partial charge in [0.05, 0.1) is 30.1 Å². The van der Waals surface area contributed by atoms with Gasteiger partial charge in [-0.25, -0.2) is 24.7 Å². The Hall–Kier alpha value is -8.05. The fourth-order valence-corrected chi connectivity index (χ4v) is 6.41. The summed E-state index contributed by atoms with van der Waals surface area (Å²) < 4.78 is 10.2. The number of aryl methyl sites for hydroxylation is 2. The summed E-state index contributed by atoms with van der Waals surface area (Å²) in [6, 6.07) is 5.76. The number of tetrazole rings is 1. The summed E-state index contributed by atoms with van der Waals surface area (Å²) >= 11 is 0. The Kier molecular flexibility index (Phi) is 16.0. The van der Waals surface area contributed by atoms with Gasteiger partial charge in [-0.3, -0.25) is 19.2 Å². The molecule has 0 fully saturated rings. The van der Waals surface area contributed by atoms with E-state index in [2.05, 4.69) is 67.1 Å². The average Bonchev–Trinajstić information content (AvgIpc) is 3.80. The lowest BCUT2D eigenvalue weighted by atomic mass is 10.0. The highest BCUT2D eigenvalue weighted by molar-refractivity contribution is 6.03. The van der Waals surface area contributed by atoms with E-state index in [0.29, 0.717) is 29.6 Å². The van der Waals surface area contributed by atoms with Gasteiger partial charge in [-0.05, 0) is 106 Å². The molecule has 3 aromatic heterocycles. The number of nitrogen functional groups attached to an aromatic ring is 2. The Morgan fingerprint density at radius 3 is 2.29 bits per heavy atom. The third-order valence-corrected chi connectivity index (χ3v) is 9.73. The van der Waals surface area contributed by atoms with E-state index in [1.165, 1.54) is 50.6 Å². The topological polar surface area (TPSA) is 359 Å². The number of phenolic OH excluding ortho intramolecular Hbond substituents is 1. The molecule has 0 spiro atoms. The Bertz CT molecular complexity index is 2580. The first kappa shape index (κ1) is 49.0. The molecule has 350 valence electrons. The van der Waals surface area contributed by atoms with E-state index >= 15 is 0 Å². The molecular weight excluding hydrogens is 859 g/mol. The average molecular weight is 912 g/mol. The van der Waals surface area contributed by atoms with Crippen molar-refractivity contribution in [2.45, 2.75) is 91.0 Å². The van der Waals surface area contributed by atoms with Gasteiger partial charge in [0.2, 0.25) is 17.8 Å². The molecule has 5 amide bonds. The molecule has 0 saturated heterocycles. The zero-order valence-corrected chi connectivity index (χ0v) is 37.4. The number of H-pyrrole nitrogens is 1. The van der Waals surface area contributed by atoms with E-state index in [9.17, 15) is 33.9 Å². The second kappa shape index (κ2) is 21.6. The number of hydrogen-bond acceptors (Lipinski definition) is 18. The molecule has 11 N–H and O–H groups in total. The van der Waals surface area contributed by atoms with Crippen LogP contribution in [-0.4, -0.2) is 119 Å². The highest BCUT2D eigenvalue weighted by Gasteiger charge is 2.30. The Balaban J connectivity index is 1.15. The molecule has 0 unspecified atom stereocenters. The van der Waals surface area contributed by atoms with Crippen LogP contribution in [0, 0.1) is 5.92 Å². The number of ether oxygens (including phenoxy) is 2. The summed E-state index contributed by atoms with van der Waals surface area (Å²) in [5.74, 6) is -3.64.